The molecule has 0 aliphatic carbocycles. The van der Waals surface area contributed by atoms with E-state index in [-0.39, 0.29) is 17.0 Å². The van der Waals surface area contributed by atoms with Crippen molar-refractivity contribution in [1.82, 2.24) is 10.4 Å². The Morgan fingerprint density at radius 2 is 2.12 bits per heavy atom. The number of ether oxygens (including phenoxy) is 1. The van der Waals surface area contributed by atoms with Crippen LogP contribution >= 0.6 is 0 Å². The number of carbonyl (C=O) groups excluding carboxylic acids is 1. The maximum Gasteiger partial charge on any atom is 0.275 e. The first kappa shape index (κ1) is 16.2. The molecule has 1 aromatic heterocycles. The summed E-state index contributed by atoms with van der Waals surface area (Å²) in [5, 5.41) is 15.8. The van der Waals surface area contributed by atoms with E-state index in [1.165, 1.54) is 25.5 Å². The van der Waals surface area contributed by atoms with Gasteiger partial charge in [-0.1, -0.05) is 18.2 Å². The van der Waals surface area contributed by atoms with Crippen LogP contribution in [0.25, 0.3) is 10.9 Å². The van der Waals surface area contributed by atoms with E-state index in [4.69, 9.17) is 4.74 Å². The highest BCUT2D eigenvalue weighted by atomic mass is 16.6. The molecule has 1 amide bonds. The van der Waals surface area contributed by atoms with Crippen LogP contribution in [-0.4, -0.2) is 29.1 Å². The van der Waals surface area contributed by atoms with Crippen molar-refractivity contribution in [2.45, 2.75) is 0 Å². The van der Waals surface area contributed by atoms with Gasteiger partial charge < -0.3 is 9.72 Å². The summed E-state index contributed by atoms with van der Waals surface area (Å²) in [5.74, 6) is -0.373. The number of non-ortho nitro benzene ring substituents is 1. The van der Waals surface area contributed by atoms with Crippen LogP contribution in [0.2, 0.25) is 0 Å². The summed E-state index contributed by atoms with van der Waals surface area (Å²) in [7, 11) is 1.38. The first-order valence-electron chi connectivity index (χ1n) is 7.32. The number of benzene rings is 2. The van der Waals surface area contributed by atoms with Crippen molar-refractivity contribution in [3.05, 3.63) is 69.9 Å². The molecule has 0 saturated carbocycles. The van der Waals surface area contributed by atoms with Gasteiger partial charge in [-0.2, -0.15) is 5.10 Å². The molecule has 0 unspecified atom stereocenters. The number of hydrogen-bond donors (Lipinski definition) is 2. The summed E-state index contributed by atoms with van der Waals surface area (Å²) in [4.78, 5) is 25.6. The van der Waals surface area contributed by atoms with Crippen molar-refractivity contribution in [1.29, 1.82) is 0 Å². The molecule has 0 aliphatic heterocycles. The van der Waals surface area contributed by atoms with E-state index < -0.39 is 10.8 Å². The minimum absolute atomic E-state index is 0.0350. The Bertz CT molecular complexity index is 978. The van der Waals surface area contributed by atoms with Crippen molar-refractivity contribution >= 4 is 28.7 Å². The van der Waals surface area contributed by atoms with Crippen LogP contribution < -0.4 is 10.2 Å². The Morgan fingerprint density at radius 3 is 2.88 bits per heavy atom. The third kappa shape index (κ3) is 3.32. The quantitative estimate of drug-likeness (QED) is 0.423. The largest absolute Gasteiger partial charge is 0.496 e. The monoisotopic (exact) mass is 338 g/mol. The number of nitro groups is 1. The molecule has 0 saturated heterocycles. The normalized spacial score (nSPS) is 10.9. The molecule has 0 fully saturated rings. The van der Waals surface area contributed by atoms with Gasteiger partial charge in [-0.25, -0.2) is 5.43 Å². The van der Waals surface area contributed by atoms with Gasteiger partial charge in [0.05, 0.1) is 23.8 Å². The highest BCUT2D eigenvalue weighted by Gasteiger charge is 2.17. The molecule has 8 nitrogen and oxygen atoms in total. The fraction of sp³-hybridized carbons (Fsp3) is 0.0588. The average molecular weight is 338 g/mol. The lowest BCUT2D eigenvalue weighted by molar-refractivity contribution is -0.384. The van der Waals surface area contributed by atoms with Crippen molar-refractivity contribution in [2.75, 3.05) is 7.11 Å². The van der Waals surface area contributed by atoms with Gasteiger partial charge in [-0.3, -0.25) is 14.9 Å². The predicted molar refractivity (Wildman–Crippen MR) is 93.0 cm³/mol. The van der Waals surface area contributed by atoms with Gasteiger partial charge in [-0.15, -0.1) is 0 Å². The van der Waals surface area contributed by atoms with Gasteiger partial charge in [0.15, 0.2) is 0 Å². The molecular weight excluding hydrogens is 324 g/mol. The molecule has 0 spiro atoms. The summed E-state index contributed by atoms with van der Waals surface area (Å²) in [5.41, 5.74) is 3.95. The zero-order chi connectivity index (χ0) is 17.8. The molecule has 126 valence electrons. The van der Waals surface area contributed by atoms with Gasteiger partial charge in [0.25, 0.3) is 11.6 Å². The van der Waals surface area contributed by atoms with Gasteiger partial charge in [-0.05, 0) is 12.1 Å². The number of fused-ring (bicyclic) bond motifs is 1. The van der Waals surface area contributed by atoms with Gasteiger partial charge in [0.1, 0.15) is 5.75 Å². The Labute approximate surface area is 142 Å². The molecule has 0 radical (unpaired) electrons. The lowest BCUT2D eigenvalue weighted by Crippen LogP contribution is -2.18. The number of nitrogens with zero attached hydrogens (tertiary/aromatic N) is 2. The third-order valence-electron chi connectivity index (χ3n) is 3.63. The number of nitrogens with one attached hydrogen (secondary N) is 2. The topological polar surface area (TPSA) is 110 Å². The standard InChI is InChI=1S/C17H14N4O4/c1-25-16-7-6-12(21(23)24)8-14(16)17(22)20-19-10-11-9-18-15-5-3-2-4-13(11)15/h2-10,18H,1H3,(H,20,22)/b19-10-. The molecule has 0 bridgehead atoms. The molecule has 0 atom stereocenters. The van der Waals surface area contributed by atoms with E-state index in [0.29, 0.717) is 0 Å². The molecule has 1 heterocycles. The zero-order valence-electron chi connectivity index (χ0n) is 13.2. The summed E-state index contributed by atoms with van der Waals surface area (Å²) in [6.45, 7) is 0. The number of rotatable bonds is 5. The van der Waals surface area contributed by atoms with Crippen LogP contribution in [0.1, 0.15) is 15.9 Å². The number of amides is 1. The number of H-pyrrole nitrogens is 1. The highest BCUT2D eigenvalue weighted by Crippen LogP contribution is 2.23. The van der Waals surface area contributed by atoms with Crippen LogP contribution in [-0.2, 0) is 0 Å². The third-order valence-corrected chi connectivity index (χ3v) is 3.63. The lowest BCUT2D eigenvalue weighted by atomic mass is 10.1. The van der Waals surface area contributed by atoms with Crippen LogP contribution in [0.5, 0.6) is 5.75 Å². The van der Waals surface area contributed by atoms with E-state index in [0.717, 1.165) is 22.5 Å². The number of para-hydroxylation sites is 1. The van der Waals surface area contributed by atoms with E-state index in [9.17, 15) is 14.9 Å². The molecule has 0 aliphatic rings. The smallest absolute Gasteiger partial charge is 0.275 e. The van der Waals surface area contributed by atoms with Gasteiger partial charge in [0, 0.05) is 34.8 Å². The van der Waals surface area contributed by atoms with Crippen molar-refractivity contribution in [3.63, 3.8) is 0 Å². The Hall–Kier alpha value is -3.68. The number of nitro benzene ring substituents is 1. The van der Waals surface area contributed by atoms with Crippen LogP contribution in [0.4, 0.5) is 5.69 Å². The average Bonchev–Trinajstić information content (AvgIpc) is 3.04. The minimum atomic E-state index is -0.600. The minimum Gasteiger partial charge on any atom is -0.496 e. The Balaban J connectivity index is 1.80. The second-order valence-corrected chi connectivity index (χ2v) is 5.13. The van der Waals surface area contributed by atoms with E-state index >= 15 is 0 Å². The maximum absolute atomic E-state index is 12.3. The number of hydrazone groups is 1. The van der Waals surface area contributed by atoms with Gasteiger partial charge in [0.2, 0.25) is 0 Å². The van der Waals surface area contributed by atoms with Crippen LogP contribution in [0, 0.1) is 10.1 Å². The van der Waals surface area contributed by atoms with Crippen molar-refractivity contribution < 1.29 is 14.5 Å². The van der Waals surface area contributed by atoms with Crippen molar-refractivity contribution in [3.8, 4) is 5.75 Å². The number of carbonyl (C=O) groups is 1. The second-order valence-electron chi connectivity index (χ2n) is 5.13. The summed E-state index contributed by atoms with van der Waals surface area (Å²) >= 11 is 0. The zero-order valence-corrected chi connectivity index (χ0v) is 13.2. The fourth-order valence-electron chi connectivity index (χ4n) is 2.41. The molecular formula is C17H14N4O4. The number of hydrogen-bond acceptors (Lipinski definition) is 5. The highest BCUT2D eigenvalue weighted by molar-refractivity contribution is 6.01. The molecule has 2 aromatic carbocycles. The second kappa shape index (κ2) is 6.83. The fourth-order valence-corrected chi connectivity index (χ4v) is 2.41. The van der Waals surface area contributed by atoms with Crippen LogP contribution in [0.3, 0.4) is 0 Å². The molecule has 8 heteroatoms. The summed E-state index contributed by atoms with van der Waals surface area (Å²) in [6.07, 6.45) is 3.27. The van der Waals surface area contributed by atoms with Gasteiger partial charge >= 0.3 is 0 Å². The summed E-state index contributed by atoms with van der Waals surface area (Å²) in [6, 6.07) is 11.5. The molecule has 25 heavy (non-hydrogen) atoms. The van der Waals surface area contributed by atoms with Crippen molar-refractivity contribution in [2.24, 2.45) is 5.10 Å². The number of aromatic amines is 1. The predicted octanol–water partition coefficient (Wildman–Crippen LogP) is 2.85. The Morgan fingerprint density at radius 1 is 1.32 bits per heavy atom. The number of methoxy groups -OCH3 is 1. The molecule has 3 aromatic rings. The summed E-state index contributed by atoms with van der Waals surface area (Å²) < 4.78 is 5.07. The first-order chi connectivity index (χ1) is 12.1. The SMILES string of the molecule is COc1ccc([N+](=O)[O-])cc1C(=O)N/N=C\c1c[nH]c2ccccc12. The van der Waals surface area contributed by atoms with E-state index in [2.05, 4.69) is 15.5 Å². The molecule has 2 N–H and O–H groups in total. The van der Waals surface area contributed by atoms with E-state index in [1.54, 1.807) is 6.20 Å². The maximum atomic E-state index is 12.3. The number of aromatic nitrogens is 1. The molecule has 3 rings (SSSR count). The lowest BCUT2D eigenvalue weighted by Gasteiger charge is -2.06. The van der Waals surface area contributed by atoms with E-state index in [1.807, 2.05) is 24.3 Å². The van der Waals surface area contributed by atoms with Crippen LogP contribution in [0.15, 0.2) is 53.8 Å². The Kier molecular flexibility index (Phi) is 4.42. The first-order valence-corrected chi connectivity index (χ1v) is 7.32.